The zero-order valence-electron chi connectivity index (χ0n) is 13.1. The van der Waals surface area contributed by atoms with Gasteiger partial charge >= 0.3 is 0 Å². The fourth-order valence-corrected chi connectivity index (χ4v) is 3.85. The van der Waals surface area contributed by atoms with E-state index in [2.05, 4.69) is 6.92 Å². The van der Waals surface area contributed by atoms with E-state index in [0.717, 1.165) is 23.8 Å². The Balaban J connectivity index is 2.19. The Morgan fingerprint density at radius 3 is 2.32 bits per heavy atom. The third-order valence-electron chi connectivity index (χ3n) is 4.02. The van der Waals surface area contributed by atoms with Crippen molar-refractivity contribution < 1.29 is 13.0 Å². The monoisotopic (exact) mass is 320 g/mol. The van der Waals surface area contributed by atoms with Crippen molar-refractivity contribution in [2.45, 2.75) is 56.8 Å². The lowest BCUT2D eigenvalue weighted by molar-refractivity contribution is 0.482. The summed E-state index contributed by atoms with van der Waals surface area (Å²) in [4.78, 5) is 0.0826. The lowest BCUT2D eigenvalue weighted by Crippen LogP contribution is -2.04. The second-order valence-electron chi connectivity index (χ2n) is 5.77. The summed E-state index contributed by atoms with van der Waals surface area (Å²) < 4.78 is 33.2. The number of hydrogen-bond acceptors (Lipinski definition) is 2. The number of fused-ring (bicyclic) bond motifs is 1. The molecule has 0 amide bonds. The van der Waals surface area contributed by atoms with E-state index in [1.807, 2.05) is 24.3 Å². The molecule has 2 aromatic rings. The molecule has 22 heavy (non-hydrogen) atoms. The fraction of sp³-hybridized carbons (Fsp3) is 0.444. The van der Waals surface area contributed by atoms with Crippen molar-refractivity contribution in [3.8, 4) is 0 Å². The minimum atomic E-state index is -4.21. The van der Waals surface area contributed by atoms with Gasteiger partial charge in [-0.25, -0.2) is 0 Å². The predicted molar refractivity (Wildman–Crippen MR) is 90.8 cm³/mol. The SMILES string of the molecule is CCCCCCCCc1ccc2ccccc2c1S(=O)(=O)O. The van der Waals surface area contributed by atoms with E-state index in [4.69, 9.17) is 0 Å². The summed E-state index contributed by atoms with van der Waals surface area (Å²) >= 11 is 0. The second kappa shape index (κ2) is 7.75. The Hall–Kier alpha value is -1.39. The maximum atomic E-state index is 11.8. The van der Waals surface area contributed by atoms with Crippen LogP contribution in [-0.4, -0.2) is 13.0 Å². The van der Waals surface area contributed by atoms with Crippen LogP contribution in [0.2, 0.25) is 0 Å². The highest BCUT2D eigenvalue weighted by atomic mass is 32.2. The average Bonchev–Trinajstić information content (AvgIpc) is 2.49. The van der Waals surface area contributed by atoms with Crippen molar-refractivity contribution in [1.82, 2.24) is 0 Å². The zero-order chi connectivity index (χ0) is 16.0. The van der Waals surface area contributed by atoms with Crippen LogP contribution in [0.25, 0.3) is 10.8 Å². The summed E-state index contributed by atoms with van der Waals surface area (Å²) in [6, 6.07) is 11.0. The van der Waals surface area contributed by atoms with Gasteiger partial charge in [0.2, 0.25) is 0 Å². The molecule has 0 bridgehead atoms. The van der Waals surface area contributed by atoms with Gasteiger partial charge in [0.1, 0.15) is 4.90 Å². The van der Waals surface area contributed by atoms with Gasteiger partial charge in [0.05, 0.1) is 0 Å². The molecule has 0 fully saturated rings. The van der Waals surface area contributed by atoms with E-state index >= 15 is 0 Å². The average molecular weight is 320 g/mol. The molecule has 0 aliphatic heterocycles. The second-order valence-corrected chi connectivity index (χ2v) is 7.13. The Labute approximate surface area is 133 Å². The third kappa shape index (κ3) is 4.31. The lowest BCUT2D eigenvalue weighted by Gasteiger charge is -2.11. The van der Waals surface area contributed by atoms with Crippen LogP contribution in [0.15, 0.2) is 41.3 Å². The van der Waals surface area contributed by atoms with Gasteiger partial charge in [-0.1, -0.05) is 75.4 Å². The standard InChI is InChI=1S/C18H24O3S/c1-2-3-4-5-6-7-11-16-14-13-15-10-8-9-12-17(15)18(16)22(19,20)21/h8-10,12-14H,2-7,11H2,1H3,(H,19,20,21). The Bertz CT molecular complexity index is 720. The van der Waals surface area contributed by atoms with Crippen LogP contribution < -0.4 is 0 Å². The van der Waals surface area contributed by atoms with Crippen LogP contribution in [0.5, 0.6) is 0 Å². The summed E-state index contributed by atoms with van der Waals surface area (Å²) in [5.74, 6) is 0. The highest BCUT2D eigenvalue weighted by Gasteiger charge is 2.18. The molecule has 120 valence electrons. The Morgan fingerprint density at radius 2 is 1.59 bits per heavy atom. The molecule has 2 aromatic carbocycles. The van der Waals surface area contributed by atoms with Crippen LogP contribution >= 0.6 is 0 Å². The lowest BCUT2D eigenvalue weighted by atomic mass is 10.0. The summed E-state index contributed by atoms with van der Waals surface area (Å²) in [5.41, 5.74) is 0.719. The van der Waals surface area contributed by atoms with Crippen molar-refractivity contribution in [2.75, 3.05) is 0 Å². The maximum absolute atomic E-state index is 11.8. The van der Waals surface area contributed by atoms with Gasteiger partial charge in [-0.15, -0.1) is 0 Å². The first-order valence-corrected chi connectivity index (χ1v) is 9.46. The summed E-state index contributed by atoms with van der Waals surface area (Å²) in [6.07, 6.45) is 7.63. The molecule has 2 rings (SSSR count). The molecule has 0 saturated carbocycles. The molecule has 0 aliphatic rings. The highest BCUT2D eigenvalue weighted by molar-refractivity contribution is 7.86. The molecule has 4 heteroatoms. The highest BCUT2D eigenvalue weighted by Crippen LogP contribution is 2.28. The van der Waals surface area contributed by atoms with Crippen LogP contribution in [-0.2, 0) is 16.5 Å². The smallest absolute Gasteiger partial charge is 0.282 e. The first-order valence-electron chi connectivity index (χ1n) is 8.02. The molecule has 0 unspecified atom stereocenters. The van der Waals surface area contributed by atoms with E-state index in [9.17, 15) is 13.0 Å². The van der Waals surface area contributed by atoms with Gasteiger partial charge in [-0.2, -0.15) is 8.42 Å². The van der Waals surface area contributed by atoms with E-state index in [0.29, 0.717) is 11.8 Å². The van der Waals surface area contributed by atoms with Crippen LogP contribution in [0.4, 0.5) is 0 Å². The first kappa shape index (κ1) is 17.0. The van der Waals surface area contributed by atoms with Crippen LogP contribution in [0, 0.1) is 0 Å². The molecule has 0 radical (unpaired) electrons. The molecule has 0 saturated heterocycles. The van der Waals surface area contributed by atoms with Crippen molar-refractivity contribution in [2.24, 2.45) is 0 Å². The van der Waals surface area contributed by atoms with E-state index in [1.54, 1.807) is 12.1 Å². The normalized spacial score (nSPS) is 11.9. The molecule has 3 nitrogen and oxygen atoms in total. The van der Waals surface area contributed by atoms with Gasteiger partial charge in [0.25, 0.3) is 10.1 Å². The van der Waals surface area contributed by atoms with Gasteiger partial charge in [0.15, 0.2) is 0 Å². The quantitative estimate of drug-likeness (QED) is 0.550. The van der Waals surface area contributed by atoms with Gasteiger partial charge in [0, 0.05) is 5.39 Å². The number of rotatable bonds is 8. The number of aryl methyl sites for hydroxylation is 1. The maximum Gasteiger partial charge on any atom is 0.295 e. The topological polar surface area (TPSA) is 54.4 Å². The Morgan fingerprint density at radius 1 is 0.909 bits per heavy atom. The minimum Gasteiger partial charge on any atom is -0.282 e. The molecule has 0 spiro atoms. The first-order chi connectivity index (χ1) is 10.5. The van der Waals surface area contributed by atoms with E-state index in [1.165, 1.54) is 25.7 Å². The molecule has 0 aliphatic carbocycles. The van der Waals surface area contributed by atoms with Crippen molar-refractivity contribution in [3.05, 3.63) is 42.0 Å². The number of hydrogen-bond donors (Lipinski definition) is 1. The minimum absolute atomic E-state index is 0.0826. The van der Waals surface area contributed by atoms with Crippen molar-refractivity contribution in [3.63, 3.8) is 0 Å². The Kier molecular flexibility index (Phi) is 5.98. The molecular weight excluding hydrogens is 296 g/mol. The van der Waals surface area contributed by atoms with Crippen molar-refractivity contribution in [1.29, 1.82) is 0 Å². The summed E-state index contributed by atoms with van der Waals surface area (Å²) in [6.45, 7) is 2.19. The molecular formula is C18H24O3S. The fourth-order valence-electron chi connectivity index (χ4n) is 2.89. The summed E-state index contributed by atoms with van der Waals surface area (Å²) in [7, 11) is -4.21. The predicted octanol–water partition coefficient (Wildman–Crippen LogP) is 4.99. The molecule has 0 atom stereocenters. The molecule has 1 N–H and O–H groups in total. The molecule has 0 aromatic heterocycles. The van der Waals surface area contributed by atoms with E-state index < -0.39 is 10.1 Å². The zero-order valence-corrected chi connectivity index (χ0v) is 13.9. The number of benzene rings is 2. The number of unbranched alkanes of at least 4 members (excludes halogenated alkanes) is 5. The largest absolute Gasteiger partial charge is 0.295 e. The van der Waals surface area contributed by atoms with Crippen LogP contribution in [0.3, 0.4) is 0 Å². The summed E-state index contributed by atoms with van der Waals surface area (Å²) in [5, 5.41) is 1.44. The van der Waals surface area contributed by atoms with Crippen molar-refractivity contribution >= 4 is 20.9 Å². The van der Waals surface area contributed by atoms with Crippen LogP contribution in [0.1, 0.15) is 51.0 Å². The molecule has 0 heterocycles. The van der Waals surface area contributed by atoms with E-state index in [-0.39, 0.29) is 4.90 Å². The van der Waals surface area contributed by atoms with Gasteiger partial charge in [-0.3, -0.25) is 4.55 Å². The third-order valence-corrected chi connectivity index (χ3v) is 5.02. The van der Waals surface area contributed by atoms with Gasteiger partial charge < -0.3 is 0 Å². The van der Waals surface area contributed by atoms with Gasteiger partial charge in [-0.05, 0) is 23.8 Å².